The van der Waals surface area contributed by atoms with Crippen molar-refractivity contribution in [3.8, 4) is 11.1 Å². The molecular weight excluding hydrogens is 403 g/mol. The maximum absolute atomic E-state index is 13.5. The number of hydrogen-bond acceptors (Lipinski definition) is 4. The smallest absolute Gasteiger partial charge is 0.298 e. The first-order chi connectivity index (χ1) is 14.3. The maximum Gasteiger partial charge on any atom is 0.329 e. The molecule has 0 aliphatic heterocycles. The zero-order valence-corrected chi connectivity index (χ0v) is 17.5. The first-order valence-electron chi connectivity index (χ1n) is 9.37. The number of carbonyl (C=O) groups excluding carboxylic acids is 1. The fourth-order valence-electron chi connectivity index (χ4n) is 3.56. The third kappa shape index (κ3) is 3.41. The molecule has 4 aromatic rings. The molecule has 0 amide bonds. The molecule has 7 heteroatoms. The fourth-order valence-corrected chi connectivity index (χ4v) is 4.51. The van der Waals surface area contributed by atoms with Gasteiger partial charge in [0.15, 0.2) is 5.78 Å². The molecule has 0 aliphatic rings. The number of Topliss-reactive ketones (excluding diaryl/α,β-unsaturated/α-hetero) is 1. The predicted molar refractivity (Wildman–Crippen MR) is 117 cm³/mol. The van der Waals surface area contributed by atoms with Gasteiger partial charge in [0.2, 0.25) is 0 Å². The number of thiophene rings is 1. The van der Waals surface area contributed by atoms with E-state index in [9.17, 15) is 18.8 Å². The maximum atomic E-state index is 13.5. The van der Waals surface area contributed by atoms with Crippen molar-refractivity contribution in [2.75, 3.05) is 0 Å². The number of aryl methyl sites for hydroxylation is 3. The number of fused-ring (bicyclic) bond motifs is 1. The molecule has 0 radical (unpaired) electrons. The quantitative estimate of drug-likeness (QED) is 0.497. The average Bonchev–Trinajstić information content (AvgIpc) is 3.10. The Morgan fingerprint density at radius 2 is 1.80 bits per heavy atom. The van der Waals surface area contributed by atoms with Crippen molar-refractivity contribution in [1.82, 2.24) is 9.55 Å². The number of H-pyrrole nitrogens is 1. The van der Waals surface area contributed by atoms with Gasteiger partial charge in [-0.3, -0.25) is 19.1 Å². The third-order valence-electron chi connectivity index (χ3n) is 5.17. The van der Waals surface area contributed by atoms with Crippen LogP contribution < -0.4 is 11.2 Å². The Balaban J connectivity index is 1.83. The van der Waals surface area contributed by atoms with E-state index in [0.29, 0.717) is 15.8 Å². The van der Waals surface area contributed by atoms with Crippen LogP contribution in [0, 0.1) is 26.6 Å². The SMILES string of the molecule is Cc1ccc(-c2csc3[nH]c(=O)n(CC(=O)c4ccc(F)c(C)c4)c(=O)c23)c(C)c1. The zero-order valence-electron chi connectivity index (χ0n) is 16.7. The number of ketones is 1. The van der Waals surface area contributed by atoms with Crippen LogP contribution in [0.25, 0.3) is 21.3 Å². The monoisotopic (exact) mass is 422 g/mol. The molecular formula is C23H19FN2O3S. The fraction of sp³-hybridized carbons (Fsp3) is 0.174. The molecule has 4 rings (SSSR count). The third-order valence-corrected chi connectivity index (χ3v) is 6.06. The molecule has 30 heavy (non-hydrogen) atoms. The van der Waals surface area contributed by atoms with E-state index in [1.165, 1.54) is 29.5 Å². The largest absolute Gasteiger partial charge is 0.329 e. The summed E-state index contributed by atoms with van der Waals surface area (Å²) in [6.45, 7) is 5.10. The lowest BCUT2D eigenvalue weighted by molar-refractivity contribution is 0.0969. The van der Waals surface area contributed by atoms with Crippen molar-refractivity contribution in [2.45, 2.75) is 27.3 Å². The number of nitrogens with one attached hydrogen (secondary N) is 1. The van der Waals surface area contributed by atoms with Gasteiger partial charge in [0.25, 0.3) is 5.56 Å². The minimum atomic E-state index is -0.645. The molecule has 5 nitrogen and oxygen atoms in total. The van der Waals surface area contributed by atoms with Crippen LogP contribution >= 0.6 is 11.3 Å². The van der Waals surface area contributed by atoms with Gasteiger partial charge < -0.3 is 0 Å². The van der Waals surface area contributed by atoms with Crippen LogP contribution in [0.3, 0.4) is 0 Å². The van der Waals surface area contributed by atoms with E-state index in [1.807, 2.05) is 37.4 Å². The molecule has 2 aromatic heterocycles. The van der Waals surface area contributed by atoms with Gasteiger partial charge in [0, 0.05) is 16.5 Å². The highest BCUT2D eigenvalue weighted by Crippen LogP contribution is 2.32. The number of hydrogen-bond donors (Lipinski definition) is 1. The number of nitrogens with zero attached hydrogens (tertiary/aromatic N) is 1. The molecule has 0 unspecified atom stereocenters. The van der Waals surface area contributed by atoms with Gasteiger partial charge in [-0.2, -0.15) is 0 Å². The summed E-state index contributed by atoms with van der Waals surface area (Å²) in [5, 5.41) is 2.23. The highest BCUT2D eigenvalue weighted by Gasteiger charge is 2.18. The van der Waals surface area contributed by atoms with Crippen molar-refractivity contribution < 1.29 is 9.18 Å². The number of halogens is 1. The Labute approximate surface area is 175 Å². The normalized spacial score (nSPS) is 11.2. The molecule has 0 spiro atoms. The van der Waals surface area contributed by atoms with Crippen molar-refractivity contribution in [1.29, 1.82) is 0 Å². The highest BCUT2D eigenvalue weighted by atomic mass is 32.1. The van der Waals surface area contributed by atoms with Crippen LogP contribution in [-0.2, 0) is 6.54 Å². The van der Waals surface area contributed by atoms with E-state index in [0.717, 1.165) is 26.8 Å². The van der Waals surface area contributed by atoms with Gasteiger partial charge in [0.1, 0.15) is 10.6 Å². The molecule has 2 heterocycles. The number of rotatable bonds is 4. The lowest BCUT2D eigenvalue weighted by Crippen LogP contribution is -2.37. The molecule has 0 atom stereocenters. The van der Waals surface area contributed by atoms with Crippen molar-refractivity contribution in [2.24, 2.45) is 0 Å². The molecule has 0 fully saturated rings. The van der Waals surface area contributed by atoms with E-state index >= 15 is 0 Å². The lowest BCUT2D eigenvalue weighted by atomic mass is 9.99. The molecule has 0 bridgehead atoms. The molecule has 0 saturated carbocycles. The summed E-state index contributed by atoms with van der Waals surface area (Å²) in [5.41, 5.74) is 3.18. The minimum Gasteiger partial charge on any atom is -0.298 e. The summed E-state index contributed by atoms with van der Waals surface area (Å²) in [6.07, 6.45) is 0. The van der Waals surface area contributed by atoms with E-state index in [-0.39, 0.29) is 5.56 Å². The Morgan fingerprint density at radius 1 is 1.03 bits per heavy atom. The molecule has 152 valence electrons. The van der Waals surface area contributed by atoms with Gasteiger partial charge in [0.05, 0.1) is 11.9 Å². The topological polar surface area (TPSA) is 71.9 Å². The minimum absolute atomic E-state index is 0.250. The standard InChI is InChI=1S/C23H19FN2O3S/c1-12-4-6-16(13(2)8-12)17-11-30-21-20(17)22(28)26(23(29)25-21)10-19(27)15-5-7-18(24)14(3)9-15/h4-9,11H,10H2,1-3H3,(H,25,29). The van der Waals surface area contributed by atoms with Crippen LogP contribution in [0.15, 0.2) is 51.4 Å². The predicted octanol–water partition coefficient (Wildman–Crippen LogP) is 4.37. The van der Waals surface area contributed by atoms with Gasteiger partial charge in [-0.05, 0) is 55.7 Å². The van der Waals surface area contributed by atoms with Crippen LogP contribution in [0.1, 0.15) is 27.0 Å². The van der Waals surface area contributed by atoms with Gasteiger partial charge in [-0.15, -0.1) is 11.3 Å². The zero-order chi connectivity index (χ0) is 21.6. The second kappa shape index (κ2) is 7.50. The van der Waals surface area contributed by atoms with Crippen LogP contribution in [0.5, 0.6) is 0 Å². The van der Waals surface area contributed by atoms with E-state index < -0.39 is 29.4 Å². The summed E-state index contributed by atoms with van der Waals surface area (Å²) in [6, 6.07) is 9.93. The first-order valence-corrected chi connectivity index (χ1v) is 10.3. The molecule has 0 saturated heterocycles. The number of aromatic amines is 1. The van der Waals surface area contributed by atoms with E-state index in [2.05, 4.69) is 4.98 Å². The average molecular weight is 422 g/mol. The summed E-state index contributed by atoms with van der Waals surface area (Å²) < 4.78 is 14.4. The lowest BCUT2D eigenvalue weighted by Gasteiger charge is -2.08. The van der Waals surface area contributed by atoms with E-state index in [4.69, 9.17) is 0 Å². The number of aromatic nitrogens is 2. The molecule has 2 aromatic carbocycles. The summed E-state index contributed by atoms with van der Waals surface area (Å²) >= 11 is 1.28. The van der Waals surface area contributed by atoms with Crippen LogP contribution in [-0.4, -0.2) is 15.3 Å². The van der Waals surface area contributed by atoms with Crippen LogP contribution in [0.2, 0.25) is 0 Å². The summed E-state index contributed by atoms with van der Waals surface area (Å²) in [7, 11) is 0. The van der Waals surface area contributed by atoms with Crippen molar-refractivity contribution in [3.63, 3.8) is 0 Å². The van der Waals surface area contributed by atoms with Crippen LogP contribution in [0.4, 0.5) is 4.39 Å². The first kappa shape index (κ1) is 20.0. The number of benzene rings is 2. The van der Waals surface area contributed by atoms with Gasteiger partial charge in [-0.25, -0.2) is 9.18 Å². The molecule has 0 aliphatic carbocycles. The Hall–Kier alpha value is -3.32. The Morgan fingerprint density at radius 3 is 2.50 bits per heavy atom. The summed E-state index contributed by atoms with van der Waals surface area (Å²) in [5.74, 6) is -0.854. The van der Waals surface area contributed by atoms with Crippen molar-refractivity contribution >= 4 is 27.3 Å². The number of carbonyl (C=O) groups is 1. The van der Waals surface area contributed by atoms with Gasteiger partial charge in [-0.1, -0.05) is 23.8 Å². The second-order valence-electron chi connectivity index (χ2n) is 7.38. The van der Waals surface area contributed by atoms with Crippen molar-refractivity contribution in [3.05, 3.63) is 90.7 Å². The Kier molecular flexibility index (Phi) is 4.99. The Bertz CT molecular complexity index is 1430. The van der Waals surface area contributed by atoms with E-state index in [1.54, 1.807) is 6.92 Å². The second-order valence-corrected chi connectivity index (χ2v) is 8.26. The molecule has 1 N–H and O–H groups in total. The summed E-state index contributed by atoms with van der Waals surface area (Å²) in [4.78, 5) is 41.6. The highest BCUT2D eigenvalue weighted by molar-refractivity contribution is 7.17. The van der Waals surface area contributed by atoms with Gasteiger partial charge >= 0.3 is 5.69 Å².